The maximum absolute atomic E-state index is 12.3. The normalized spacial score (nSPS) is 34.1. The summed E-state index contributed by atoms with van der Waals surface area (Å²) in [6.45, 7) is 0. The number of nitrogens with zero attached hydrogens (tertiary/aromatic N) is 1. The molecule has 0 heterocycles. The topological polar surface area (TPSA) is 43.1 Å². The van der Waals surface area contributed by atoms with Gasteiger partial charge >= 0.3 is 6.18 Å². The summed E-state index contributed by atoms with van der Waals surface area (Å²) in [4.78, 5) is 9.88. The van der Waals surface area contributed by atoms with Crippen molar-refractivity contribution in [2.75, 3.05) is 0 Å². The lowest BCUT2D eigenvalue weighted by molar-refractivity contribution is -0.543. The Hall–Kier alpha value is -0.330. The highest BCUT2D eigenvalue weighted by Crippen LogP contribution is 2.45. The Kier molecular flexibility index (Phi) is 3.08. The van der Waals surface area contributed by atoms with Crippen LogP contribution in [0.25, 0.3) is 0 Å². The highest BCUT2D eigenvalue weighted by molar-refractivity contribution is 9.10. The third-order valence-corrected chi connectivity index (χ3v) is 3.47. The molecule has 0 N–H and O–H groups in total. The summed E-state index contributed by atoms with van der Waals surface area (Å²) >= 11 is 2.79. The van der Waals surface area contributed by atoms with Crippen LogP contribution in [0.2, 0.25) is 0 Å². The molecule has 14 heavy (non-hydrogen) atoms. The number of hydrogen-bond acceptors (Lipinski definition) is 2. The van der Waals surface area contributed by atoms with Crippen LogP contribution in [0.5, 0.6) is 0 Å². The average Bonchev–Trinajstić information content (AvgIpc) is 2.02. The maximum atomic E-state index is 12.3. The third kappa shape index (κ3) is 2.37. The predicted octanol–water partition coefficient (Wildman–Crippen LogP) is 3.11. The first-order chi connectivity index (χ1) is 6.26. The van der Waals surface area contributed by atoms with Crippen molar-refractivity contribution in [1.29, 1.82) is 0 Å². The fraction of sp³-hybridized carbons (Fsp3) is 1.00. The Balaban J connectivity index is 2.74. The Morgan fingerprint density at radius 2 is 2.07 bits per heavy atom. The summed E-state index contributed by atoms with van der Waals surface area (Å²) in [5, 5.41) is 10.5. The highest BCUT2D eigenvalue weighted by atomic mass is 79.9. The zero-order valence-electron chi connectivity index (χ0n) is 7.18. The van der Waals surface area contributed by atoms with Gasteiger partial charge < -0.3 is 0 Å². The van der Waals surface area contributed by atoms with E-state index in [2.05, 4.69) is 15.9 Å². The SMILES string of the molecule is O=[N+]([O-])C1(Br)CCCC(C(F)(F)F)C1. The van der Waals surface area contributed by atoms with Gasteiger partial charge in [0, 0.05) is 33.7 Å². The molecule has 1 rings (SSSR count). The van der Waals surface area contributed by atoms with Gasteiger partial charge in [-0.05, 0) is 12.8 Å². The van der Waals surface area contributed by atoms with Gasteiger partial charge in [0.15, 0.2) is 0 Å². The van der Waals surface area contributed by atoms with Crippen LogP contribution in [0.1, 0.15) is 25.7 Å². The van der Waals surface area contributed by atoms with Gasteiger partial charge in [-0.25, -0.2) is 0 Å². The molecule has 2 atom stereocenters. The molecule has 1 fully saturated rings. The molecule has 0 aromatic carbocycles. The Morgan fingerprint density at radius 1 is 1.50 bits per heavy atom. The van der Waals surface area contributed by atoms with Crippen LogP contribution in [-0.4, -0.2) is 15.5 Å². The van der Waals surface area contributed by atoms with Gasteiger partial charge in [0.1, 0.15) is 0 Å². The zero-order chi connectivity index (χ0) is 11.0. The molecular weight excluding hydrogens is 267 g/mol. The number of rotatable bonds is 1. The molecule has 3 nitrogen and oxygen atoms in total. The molecule has 0 amide bonds. The highest BCUT2D eigenvalue weighted by Gasteiger charge is 2.52. The van der Waals surface area contributed by atoms with Gasteiger partial charge in [-0.2, -0.15) is 13.2 Å². The van der Waals surface area contributed by atoms with E-state index < -0.39 is 27.9 Å². The van der Waals surface area contributed by atoms with E-state index in [0.29, 0.717) is 0 Å². The number of halogens is 4. The van der Waals surface area contributed by atoms with Crippen molar-refractivity contribution in [3.63, 3.8) is 0 Å². The molecular formula is C7H9BrF3NO2. The molecule has 0 radical (unpaired) electrons. The molecule has 0 aromatic heterocycles. The van der Waals surface area contributed by atoms with E-state index in [4.69, 9.17) is 0 Å². The van der Waals surface area contributed by atoms with Gasteiger partial charge in [0.05, 0.1) is 5.92 Å². The monoisotopic (exact) mass is 275 g/mol. The van der Waals surface area contributed by atoms with Gasteiger partial charge in [0.25, 0.3) is 4.45 Å². The zero-order valence-corrected chi connectivity index (χ0v) is 8.77. The molecule has 0 spiro atoms. The lowest BCUT2D eigenvalue weighted by Gasteiger charge is -2.30. The molecule has 1 aliphatic rings. The molecule has 1 aliphatic carbocycles. The van der Waals surface area contributed by atoms with Crippen molar-refractivity contribution < 1.29 is 18.1 Å². The number of alkyl halides is 4. The first kappa shape index (κ1) is 11.7. The van der Waals surface area contributed by atoms with E-state index in [1.165, 1.54) is 0 Å². The molecule has 7 heteroatoms. The Bertz CT molecular complexity index is 246. The first-order valence-corrected chi connectivity index (χ1v) is 4.95. The minimum Gasteiger partial charge on any atom is -0.263 e. The molecule has 82 valence electrons. The maximum Gasteiger partial charge on any atom is 0.392 e. The smallest absolute Gasteiger partial charge is 0.263 e. The van der Waals surface area contributed by atoms with E-state index in [1.54, 1.807) is 0 Å². The summed E-state index contributed by atoms with van der Waals surface area (Å²) in [6.07, 6.45) is -4.41. The van der Waals surface area contributed by atoms with Crippen LogP contribution in [0.4, 0.5) is 13.2 Å². The van der Waals surface area contributed by atoms with E-state index in [9.17, 15) is 23.3 Å². The van der Waals surface area contributed by atoms with E-state index in [-0.39, 0.29) is 19.3 Å². The lowest BCUT2D eigenvalue weighted by Crippen LogP contribution is -2.41. The predicted molar refractivity (Wildman–Crippen MR) is 46.7 cm³/mol. The van der Waals surface area contributed by atoms with Crippen molar-refractivity contribution >= 4 is 15.9 Å². The third-order valence-electron chi connectivity index (χ3n) is 2.46. The van der Waals surface area contributed by atoms with Crippen molar-refractivity contribution in [1.82, 2.24) is 0 Å². The molecule has 2 unspecified atom stereocenters. The summed E-state index contributed by atoms with van der Waals surface area (Å²) in [7, 11) is 0. The standard InChI is InChI=1S/C7H9BrF3NO2/c8-6(12(13)14)3-1-2-5(4-6)7(9,10)11/h5H,1-4H2. The molecule has 0 aromatic rings. The lowest BCUT2D eigenvalue weighted by atomic mass is 9.85. The quantitative estimate of drug-likeness (QED) is 0.319. The summed E-state index contributed by atoms with van der Waals surface area (Å²) in [5.74, 6) is -1.55. The van der Waals surface area contributed by atoms with Crippen molar-refractivity contribution in [3.8, 4) is 0 Å². The van der Waals surface area contributed by atoms with E-state index in [1.807, 2.05) is 0 Å². The van der Waals surface area contributed by atoms with Crippen LogP contribution in [0.15, 0.2) is 0 Å². The van der Waals surface area contributed by atoms with Crippen LogP contribution in [0.3, 0.4) is 0 Å². The van der Waals surface area contributed by atoms with Crippen LogP contribution in [0, 0.1) is 16.0 Å². The summed E-state index contributed by atoms with van der Waals surface area (Å²) in [6, 6.07) is 0. The fourth-order valence-electron chi connectivity index (χ4n) is 1.65. The van der Waals surface area contributed by atoms with Gasteiger partial charge in [0.2, 0.25) is 0 Å². The van der Waals surface area contributed by atoms with Gasteiger partial charge in [-0.3, -0.25) is 10.1 Å². The summed E-state index contributed by atoms with van der Waals surface area (Å²) < 4.78 is 35.3. The molecule has 0 saturated heterocycles. The minimum atomic E-state index is -4.32. The van der Waals surface area contributed by atoms with E-state index in [0.717, 1.165) is 0 Å². The van der Waals surface area contributed by atoms with Crippen LogP contribution >= 0.6 is 15.9 Å². The average molecular weight is 276 g/mol. The largest absolute Gasteiger partial charge is 0.392 e. The van der Waals surface area contributed by atoms with Gasteiger partial charge in [-0.15, -0.1) is 0 Å². The summed E-state index contributed by atoms with van der Waals surface area (Å²) in [5.41, 5.74) is 0. The number of hydrogen-bond donors (Lipinski definition) is 0. The molecule has 1 saturated carbocycles. The van der Waals surface area contributed by atoms with Gasteiger partial charge in [-0.1, -0.05) is 0 Å². The number of nitro groups is 1. The minimum absolute atomic E-state index is 0.00924. The second-order valence-electron chi connectivity index (χ2n) is 3.51. The van der Waals surface area contributed by atoms with Crippen LogP contribution in [-0.2, 0) is 0 Å². The molecule has 0 bridgehead atoms. The first-order valence-electron chi connectivity index (χ1n) is 4.16. The van der Waals surface area contributed by atoms with Crippen molar-refractivity contribution in [2.45, 2.75) is 36.3 Å². The fourth-order valence-corrected chi connectivity index (χ4v) is 2.32. The molecule has 0 aliphatic heterocycles. The Labute approximate surface area is 86.9 Å². The second kappa shape index (κ2) is 3.67. The Morgan fingerprint density at radius 3 is 2.50 bits per heavy atom. The van der Waals surface area contributed by atoms with E-state index >= 15 is 0 Å². The van der Waals surface area contributed by atoms with Crippen LogP contribution < -0.4 is 0 Å². The van der Waals surface area contributed by atoms with Crippen molar-refractivity contribution in [2.24, 2.45) is 5.92 Å². The second-order valence-corrected chi connectivity index (χ2v) is 4.99. The van der Waals surface area contributed by atoms with Crippen molar-refractivity contribution in [3.05, 3.63) is 10.1 Å².